The molecule has 0 radical (unpaired) electrons. The van der Waals surface area contributed by atoms with Crippen molar-refractivity contribution >= 4 is 17.6 Å². The van der Waals surface area contributed by atoms with Crippen molar-refractivity contribution in [3.05, 3.63) is 65.2 Å². The molecule has 1 aromatic carbocycles. The molecule has 0 unspecified atom stereocenters. The molecule has 1 amide bonds. The number of carboxylic acid groups (broad SMARTS) is 1. The predicted molar refractivity (Wildman–Crippen MR) is 95.1 cm³/mol. The predicted octanol–water partition coefficient (Wildman–Crippen LogP) is 2.08. The maximum Gasteiger partial charge on any atom is 0.338 e. The first-order valence-electron chi connectivity index (χ1n) is 8.06. The molecule has 134 valence electrons. The van der Waals surface area contributed by atoms with Crippen LogP contribution in [0.3, 0.4) is 0 Å². The first kappa shape index (κ1) is 17.4. The van der Waals surface area contributed by atoms with Crippen molar-refractivity contribution in [2.45, 2.75) is 26.9 Å². The van der Waals surface area contributed by atoms with Gasteiger partial charge in [0.1, 0.15) is 6.54 Å². The van der Waals surface area contributed by atoms with E-state index in [9.17, 15) is 9.59 Å². The van der Waals surface area contributed by atoms with E-state index in [4.69, 9.17) is 5.11 Å². The molecular formula is C18H19N5O3. The monoisotopic (exact) mass is 353 g/mol. The van der Waals surface area contributed by atoms with Crippen molar-refractivity contribution in [3.8, 4) is 0 Å². The molecule has 26 heavy (non-hydrogen) atoms. The van der Waals surface area contributed by atoms with Gasteiger partial charge < -0.3 is 10.4 Å². The van der Waals surface area contributed by atoms with Gasteiger partial charge in [0.15, 0.2) is 0 Å². The Bertz CT molecular complexity index is 957. The van der Waals surface area contributed by atoms with Crippen molar-refractivity contribution < 1.29 is 14.7 Å². The lowest BCUT2D eigenvalue weighted by Gasteiger charge is -2.09. The third-order valence-corrected chi connectivity index (χ3v) is 3.83. The summed E-state index contributed by atoms with van der Waals surface area (Å²) >= 11 is 0. The number of hydrogen-bond donors (Lipinski definition) is 2. The molecule has 2 aromatic heterocycles. The normalized spacial score (nSPS) is 10.7. The SMILES string of the molecule is Cc1cc(C)n(Cc2cccc(NC(=O)Cn3cc(C(=O)O)cn3)c2)n1. The number of nitrogens with zero attached hydrogens (tertiary/aromatic N) is 4. The number of aromatic carboxylic acids is 1. The second-order valence-electron chi connectivity index (χ2n) is 6.07. The fourth-order valence-corrected chi connectivity index (χ4v) is 2.66. The van der Waals surface area contributed by atoms with Gasteiger partial charge in [-0.25, -0.2) is 4.79 Å². The Morgan fingerprint density at radius 2 is 2.04 bits per heavy atom. The number of benzene rings is 1. The number of carbonyl (C=O) groups is 2. The maximum atomic E-state index is 12.2. The van der Waals surface area contributed by atoms with Crippen molar-refractivity contribution in [2.75, 3.05) is 5.32 Å². The molecule has 2 N–H and O–H groups in total. The first-order chi connectivity index (χ1) is 12.4. The quantitative estimate of drug-likeness (QED) is 0.706. The molecule has 0 atom stereocenters. The van der Waals surface area contributed by atoms with Gasteiger partial charge in [-0.3, -0.25) is 14.2 Å². The molecule has 0 saturated carbocycles. The standard InChI is InChI=1S/C18H19N5O3/c1-12-6-13(2)23(21-12)9-14-4-3-5-16(7-14)20-17(24)11-22-10-15(8-19-22)18(25)26/h3-8,10H,9,11H2,1-2H3,(H,20,24)(H,25,26). The first-order valence-corrected chi connectivity index (χ1v) is 8.06. The van der Waals surface area contributed by atoms with Crippen molar-refractivity contribution in [1.29, 1.82) is 0 Å². The molecule has 0 spiro atoms. The van der Waals surface area contributed by atoms with Crippen LogP contribution in [-0.4, -0.2) is 36.5 Å². The smallest absolute Gasteiger partial charge is 0.338 e. The maximum absolute atomic E-state index is 12.2. The molecule has 0 fully saturated rings. The van der Waals surface area contributed by atoms with Crippen LogP contribution in [0.4, 0.5) is 5.69 Å². The van der Waals surface area contributed by atoms with Gasteiger partial charge in [-0.15, -0.1) is 0 Å². The van der Waals surface area contributed by atoms with E-state index in [0.29, 0.717) is 12.2 Å². The molecule has 0 aliphatic heterocycles. The molecular weight excluding hydrogens is 334 g/mol. The average molecular weight is 353 g/mol. The molecule has 2 heterocycles. The van der Waals surface area contributed by atoms with Gasteiger partial charge in [0.05, 0.1) is 24.0 Å². The fourth-order valence-electron chi connectivity index (χ4n) is 2.66. The van der Waals surface area contributed by atoms with Crippen LogP contribution in [0, 0.1) is 13.8 Å². The average Bonchev–Trinajstić information content (AvgIpc) is 3.14. The summed E-state index contributed by atoms with van der Waals surface area (Å²) in [5.74, 6) is -1.36. The minimum atomic E-state index is -1.08. The van der Waals surface area contributed by atoms with Gasteiger partial charge >= 0.3 is 5.97 Å². The molecule has 0 bridgehead atoms. The Morgan fingerprint density at radius 1 is 1.23 bits per heavy atom. The lowest BCUT2D eigenvalue weighted by Crippen LogP contribution is -2.19. The highest BCUT2D eigenvalue weighted by molar-refractivity contribution is 5.91. The lowest BCUT2D eigenvalue weighted by atomic mass is 10.2. The third kappa shape index (κ3) is 4.15. The topological polar surface area (TPSA) is 102 Å². The van der Waals surface area contributed by atoms with Crippen LogP contribution < -0.4 is 5.32 Å². The van der Waals surface area contributed by atoms with E-state index in [1.165, 1.54) is 17.1 Å². The van der Waals surface area contributed by atoms with Crippen LogP contribution in [0.5, 0.6) is 0 Å². The molecule has 0 aliphatic rings. The van der Waals surface area contributed by atoms with Crippen molar-refractivity contribution in [1.82, 2.24) is 19.6 Å². The molecule has 8 nitrogen and oxygen atoms in total. The summed E-state index contributed by atoms with van der Waals surface area (Å²) < 4.78 is 3.20. The zero-order valence-electron chi connectivity index (χ0n) is 14.5. The second-order valence-corrected chi connectivity index (χ2v) is 6.07. The summed E-state index contributed by atoms with van der Waals surface area (Å²) in [4.78, 5) is 23.0. The number of carbonyl (C=O) groups excluding carboxylic acids is 1. The summed E-state index contributed by atoms with van der Waals surface area (Å²) in [6, 6.07) is 9.54. The summed E-state index contributed by atoms with van der Waals surface area (Å²) in [5.41, 5.74) is 3.77. The zero-order chi connectivity index (χ0) is 18.7. The van der Waals surface area contributed by atoms with Crippen molar-refractivity contribution in [2.24, 2.45) is 0 Å². The van der Waals surface area contributed by atoms with Crippen LogP contribution in [-0.2, 0) is 17.9 Å². The summed E-state index contributed by atoms with van der Waals surface area (Å²) in [6.07, 6.45) is 2.53. The zero-order valence-corrected chi connectivity index (χ0v) is 14.5. The van der Waals surface area contributed by atoms with Crippen molar-refractivity contribution in [3.63, 3.8) is 0 Å². The highest BCUT2D eigenvalue weighted by Crippen LogP contribution is 2.13. The van der Waals surface area contributed by atoms with E-state index in [1.54, 1.807) is 6.07 Å². The number of amides is 1. The number of hydrogen-bond acceptors (Lipinski definition) is 4. The number of aromatic nitrogens is 4. The van der Waals surface area contributed by atoms with E-state index in [0.717, 1.165) is 17.0 Å². The Kier molecular flexibility index (Phi) is 4.83. The third-order valence-electron chi connectivity index (χ3n) is 3.83. The number of nitrogens with one attached hydrogen (secondary N) is 1. The molecule has 0 saturated heterocycles. The molecule has 3 rings (SSSR count). The summed E-state index contributed by atoms with van der Waals surface area (Å²) in [5, 5.41) is 20.0. The van der Waals surface area contributed by atoms with Crippen LogP contribution in [0.25, 0.3) is 0 Å². The van der Waals surface area contributed by atoms with Gasteiger partial charge in [0, 0.05) is 17.6 Å². The molecule has 0 aliphatic carbocycles. The molecule has 8 heteroatoms. The number of aryl methyl sites for hydroxylation is 2. The fraction of sp³-hybridized carbons (Fsp3) is 0.222. The van der Waals surface area contributed by atoms with Gasteiger partial charge in [-0.05, 0) is 37.6 Å². The van der Waals surface area contributed by atoms with Gasteiger partial charge in [0.2, 0.25) is 5.91 Å². The largest absolute Gasteiger partial charge is 0.478 e. The summed E-state index contributed by atoms with van der Waals surface area (Å²) in [6.45, 7) is 4.51. The Hall–Kier alpha value is -3.42. The van der Waals surface area contributed by atoms with Crippen LogP contribution in [0.1, 0.15) is 27.3 Å². The van der Waals surface area contributed by atoms with Gasteiger partial charge in [0.25, 0.3) is 0 Å². The minimum Gasteiger partial charge on any atom is -0.478 e. The van der Waals surface area contributed by atoms with E-state index < -0.39 is 5.97 Å². The minimum absolute atomic E-state index is 0.0460. The van der Waals surface area contributed by atoms with Gasteiger partial charge in [-0.1, -0.05) is 12.1 Å². The Labute approximate surface area is 150 Å². The highest BCUT2D eigenvalue weighted by atomic mass is 16.4. The molecule has 3 aromatic rings. The van der Waals surface area contributed by atoms with Crippen LogP contribution in [0.15, 0.2) is 42.7 Å². The summed E-state index contributed by atoms with van der Waals surface area (Å²) in [7, 11) is 0. The Balaban J connectivity index is 1.65. The highest BCUT2D eigenvalue weighted by Gasteiger charge is 2.10. The van der Waals surface area contributed by atoms with E-state index >= 15 is 0 Å². The number of rotatable bonds is 6. The van der Waals surface area contributed by atoms with Gasteiger partial charge in [-0.2, -0.15) is 10.2 Å². The second kappa shape index (κ2) is 7.22. The lowest BCUT2D eigenvalue weighted by molar-refractivity contribution is -0.116. The van der Waals surface area contributed by atoms with Crippen LogP contribution in [0.2, 0.25) is 0 Å². The van der Waals surface area contributed by atoms with E-state index in [-0.39, 0.29) is 18.0 Å². The number of carboxylic acids is 1. The Morgan fingerprint density at radius 3 is 2.69 bits per heavy atom. The van der Waals surface area contributed by atoms with E-state index in [2.05, 4.69) is 15.5 Å². The van der Waals surface area contributed by atoms with E-state index in [1.807, 2.05) is 42.8 Å². The number of anilines is 1. The van der Waals surface area contributed by atoms with Crippen LogP contribution >= 0.6 is 0 Å².